The number of aromatic amines is 1. The van der Waals surface area contributed by atoms with Gasteiger partial charge in [-0.25, -0.2) is 0 Å². The van der Waals surface area contributed by atoms with Gasteiger partial charge in [-0.2, -0.15) is 5.10 Å². The van der Waals surface area contributed by atoms with Crippen LogP contribution in [0.15, 0.2) is 46.9 Å². The Morgan fingerprint density at radius 2 is 2.00 bits per heavy atom. The molecule has 1 heterocycles. The van der Waals surface area contributed by atoms with Crippen molar-refractivity contribution in [2.45, 2.75) is 6.92 Å². The Bertz CT molecular complexity index is 1050. The van der Waals surface area contributed by atoms with Gasteiger partial charge in [0.05, 0.1) is 4.47 Å². The minimum atomic E-state index is -0.489. The summed E-state index contributed by atoms with van der Waals surface area (Å²) in [6, 6.07) is 13.1. The van der Waals surface area contributed by atoms with E-state index in [0.29, 0.717) is 5.75 Å². The molecule has 0 saturated heterocycles. The first-order valence-electron chi connectivity index (χ1n) is 8.16. The lowest BCUT2D eigenvalue weighted by atomic mass is 10.1. The van der Waals surface area contributed by atoms with Crippen LogP contribution in [-0.2, 0) is 4.79 Å². The fourth-order valence-electron chi connectivity index (χ4n) is 2.37. The highest BCUT2D eigenvalue weighted by atomic mass is 79.9. The van der Waals surface area contributed by atoms with E-state index in [-0.39, 0.29) is 17.4 Å². The summed E-state index contributed by atoms with van der Waals surface area (Å²) >= 11 is 8.47. The molecule has 10 heteroatoms. The highest BCUT2D eigenvalue weighted by Crippen LogP contribution is 2.32. The van der Waals surface area contributed by atoms with Crippen LogP contribution in [0.25, 0.3) is 10.8 Å². The third-order valence-corrected chi connectivity index (χ3v) is 4.69. The number of hydrazine groups is 1. The van der Waals surface area contributed by atoms with Crippen LogP contribution >= 0.6 is 28.1 Å². The molecular formula is C18H16BrN5O3S. The predicted octanol–water partition coefficient (Wildman–Crippen LogP) is 2.35. The molecule has 4 N–H and O–H groups in total. The van der Waals surface area contributed by atoms with Crippen LogP contribution in [0.3, 0.4) is 0 Å². The maximum atomic E-state index is 12.0. The molecule has 2 aromatic carbocycles. The quantitative estimate of drug-likeness (QED) is 0.350. The topological polar surface area (TPSA) is 108 Å². The second-order valence-corrected chi connectivity index (χ2v) is 6.98. The zero-order chi connectivity index (χ0) is 20.1. The Labute approximate surface area is 174 Å². The van der Waals surface area contributed by atoms with Crippen LogP contribution in [0.4, 0.5) is 0 Å². The average molecular weight is 462 g/mol. The third kappa shape index (κ3) is 4.84. The molecular weight excluding hydrogens is 446 g/mol. The van der Waals surface area contributed by atoms with Gasteiger partial charge in [-0.05, 0) is 58.0 Å². The van der Waals surface area contributed by atoms with Crippen molar-refractivity contribution in [3.8, 4) is 5.75 Å². The number of fused-ring (bicyclic) bond motifs is 1. The molecule has 0 fully saturated rings. The number of carbonyl (C=O) groups is 2. The molecule has 0 atom stereocenters. The van der Waals surface area contributed by atoms with Gasteiger partial charge in [0.1, 0.15) is 5.75 Å². The number of hydrogen-bond donors (Lipinski definition) is 4. The molecule has 0 bridgehead atoms. The van der Waals surface area contributed by atoms with Gasteiger partial charge >= 0.3 is 0 Å². The average Bonchev–Trinajstić information content (AvgIpc) is 3.12. The van der Waals surface area contributed by atoms with Crippen LogP contribution < -0.4 is 20.9 Å². The predicted molar refractivity (Wildman–Crippen MR) is 112 cm³/mol. The lowest BCUT2D eigenvalue weighted by Gasteiger charge is -2.12. The number of rotatable bonds is 4. The normalized spacial score (nSPS) is 10.4. The first kappa shape index (κ1) is 19.8. The molecule has 0 aliphatic rings. The summed E-state index contributed by atoms with van der Waals surface area (Å²) in [5.74, 6) is -0.422. The van der Waals surface area contributed by atoms with E-state index in [4.69, 9.17) is 17.0 Å². The number of carbonyl (C=O) groups excluding carboxylic acids is 2. The van der Waals surface area contributed by atoms with E-state index in [9.17, 15) is 9.59 Å². The number of nitrogens with zero attached hydrogens (tertiary/aromatic N) is 1. The molecule has 0 unspecified atom stereocenters. The summed E-state index contributed by atoms with van der Waals surface area (Å²) in [6.45, 7) is 1.53. The Balaban J connectivity index is 1.48. The maximum Gasteiger partial charge on any atom is 0.290 e. The standard InChI is InChI=1S/C18H16BrN5O3S/c1-10-8-13(22-21-10)17(26)23-24-18(28)20-15(25)9-27-14-7-6-11-4-2-3-5-12(11)16(14)19/h2-8H,9H2,1H3,(H,21,22)(H,23,26)(H2,20,24,25,28). The third-order valence-electron chi connectivity index (χ3n) is 3.67. The van der Waals surface area contributed by atoms with Gasteiger partial charge in [-0.1, -0.05) is 30.3 Å². The number of ether oxygens (including phenoxy) is 1. The minimum absolute atomic E-state index is 0.0632. The second kappa shape index (κ2) is 8.81. The molecule has 0 aliphatic heterocycles. The van der Waals surface area contributed by atoms with Crippen LogP contribution in [0, 0.1) is 6.92 Å². The van der Waals surface area contributed by atoms with E-state index in [1.807, 2.05) is 30.3 Å². The SMILES string of the molecule is Cc1cc(C(=O)NNC(=S)NC(=O)COc2ccc3ccccc3c2Br)n[nH]1. The largest absolute Gasteiger partial charge is 0.483 e. The van der Waals surface area contributed by atoms with Gasteiger partial charge in [-0.3, -0.25) is 30.9 Å². The van der Waals surface area contributed by atoms with E-state index in [0.717, 1.165) is 20.9 Å². The fraction of sp³-hybridized carbons (Fsp3) is 0.111. The van der Waals surface area contributed by atoms with Gasteiger partial charge in [0.25, 0.3) is 11.8 Å². The van der Waals surface area contributed by atoms with E-state index in [2.05, 4.69) is 42.3 Å². The van der Waals surface area contributed by atoms with E-state index in [1.165, 1.54) is 0 Å². The number of aromatic nitrogens is 2. The van der Waals surface area contributed by atoms with Gasteiger partial charge in [0, 0.05) is 5.69 Å². The highest BCUT2D eigenvalue weighted by molar-refractivity contribution is 9.10. The zero-order valence-corrected chi connectivity index (χ0v) is 17.1. The minimum Gasteiger partial charge on any atom is -0.483 e. The number of H-pyrrole nitrogens is 1. The van der Waals surface area contributed by atoms with Crippen LogP contribution in [0.2, 0.25) is 0 Å². The Morgan fingerprint density at radius 1 is 1.21 bits per heavy atom. The van der Waals surface area contributed by atoms with Crippen LogP contribution in [0.5, 0.6) is 5.75 Å². The van der Waals surface area contributed by atoms with Crippen LogP contribution in [0.1, 0.15) is 16.2 Å². The number of aryl methyl sites for hydroxylation is 1. The lowest BCUT2D eigenvalue weighted by molar-refractivity contribution is -0.121. The Kier molecular flexibility index (Phi) is 6.22. The number of hydrogen-bond acceptors (Lipinski definition) is 5. The molecule has 3 aromatic rings. The molecule has 0 aliphatic carbocycles. The van der Waals surface area contributed by atoms with E-state index in [1.54, 1.807) is 19.1 Å². The molecule has 0 saturated carbocycles. The summed E-state index contributed by atoms with van der Waals surface area (Å²) < 4.78 is 6.32. The van der Waals surface area contributed by atoms with Crippen molar-refractivity contribution in [1.82, 2.24) is 26.4 Å². The second-order valence-electron chi connectivity index (χ2n) is 5.78. The number of thiocarbonyl (C=S) groups is 1. The number of halogens is 1. The molecule has 0 radical (unpaired) electrons. The Hall–Kier alpha value is -2.98. The monoisotopic (exact) mass is 461 g/mol. The summed E-state index contributed by atoms with van der Waals surface area (Å²) in [5, 5.41) is 10.9. The van der Waals surface area contributed by atoms with Crippen molar-refractivity contribution in [1.29, 1.82) is 0 Å². The first-order chi connectivity index (χ1) is 13.4. The summed E-state index contributed by atoms with van der Waals surface area (Å²) in [7, 11) is 0. The van der Waals surface area contributed by atoms with Crippen molar-refractivity contribution in [3.63, 3.8) is 0 Å². The molecule has 28 heavy (non-hydrogen) atoms. The summed E-state index contributed by atoms with van der Waals surface area (Å²) in [6.07, 6.45) is 0. The molecule has 1 aromatic heterocycles. The van der Waals surface area contributed by atoms with Crippen molar-refractivity contribution >= 4 is 55.8 Å². The number of amides is 2. The van der Waals surface area contributed by atoms with Gasteiger partial charge in [0.15, 0.2) is 17.4 Å². The maximum absolute atomic E-state index is 12.0. The van der Waals surface area contributed by atoms with Gasteiger partial charge in [0.2, 0.25) is 0 Å². The molecule has 3 rings (SSSR count). The fourth-order valence-corrected chi connectivity index (χ4v) is 3.15. The zero-order valence-electron chi connectivity index (χ0n) is 14.7. The van der Waals surface area contributed by atoms with Crippen LogP contribution in [-0.4, -0.2) is 33.7 Å². The summed E-state index contributed by atoms with van der Waals surface area (Å²) in [5.41, 5.74) is 5.73. The molecule has 144 valence electrons. The van der Waals surface area contributed by atoms with E-state index < -0.39 is 11.8 Å². The van der Waals surface area contributed by atoms with Crippen molar-refractivity contribution in [3.05, 3.63) is 58.3 Å². The first-order valence-corrected chi connectivity index (χ1v) is 9.36. The molecule has 2 amide bonds. The van der Waals surface area contributed by atoms with Crippen molar-refractivity contribution in [2.24, 2.45) is 0 Å². The smallest absolute Gasteiger partial charge is 0.290 e. The van der Waals surface area contributed by atoms with Crippen molar-refractivity contribution in [2.75, 3.05) is 6.61 Å². The highest BCUT2D eigenvalue weighted by Gasteiger charge is 2.12. The molecule has 8 nitrogen and oxygen atoms in total. The van der Waals surface area contributed by atoms with E-state index >= 15 is 0 Å². The van der Waals surface area contributed by atoms with Gasteiger partial charge < -0.3 is 4.74 Å². The number of nitrogens with one attached hydrogen (secondary N) is 4. The van der Waals surface area contributed by atoms with Gasteiger partial charge in [-0.15, -0.1) is 0 Å². The lowest BCUT2D eigenvalue weighted by Crippen LogP contribution is -2.49. The Morgan fingerprint density at radius 3 is 2.75 bits per heavy atom. The van der Waals surface area contributed by atoms with Crippen molar-refractivity contribution < 1.29 is 14.3 Å². The summed E-state index contributed by atoms with van der Waals surface area (Å²) in [4.78, 5) is 23.9. The molecule has 0 spiro atoms. The number of benzene rings is 2.